The number of aryl methyl sites for hydroxylation is 1. The number of nitriles is 1. The van der Waals surface area contributed by atoms with Crippen molar-refractivity contribution < 1.29 is 9.53 Å². The molecule has 0 unspecified atom stereocenters. The summed E-state index contributed by atoms with van der Waals surface area (Å²) >= 11 is 0. The number of pyridine rings is 1. The van der Waals surface area contributed by atoms with Crippen LogP contribution in [0.5, 0.6) is 0 Å². The van der Waals surface area contributed by atoms with Gasteiger partial charge >= 0.3 is 5.97 Å². The Hall–Kier alpha value is -1.89. The maximum atomic E-state index is 11.3. The van der Waals surface area contributed by atoms with Gasteiger partial charge in [-0.2, -0.15) is 5.26 Å². The van der Waals surface area contributed by atoms with Crippen molar-refractivity contribution in [3.8, 4) is 6.07 Å². The molecule has 0 saturated heterocycles. The first-order valence-corrected chi connectivity index (χ1v) is 4.23. The van der Waals surface area contributed by atoms with Crippen LogP contribution in [-0.2, 0) is 4.74 Å². The van der Waals surface area contributed by atoms with Gasteiger partial charge in [0.15, 0.2) is 0 Å². The molecule has 0 spiro atoms. The van der Waals surface area contributed by atoms with E-state index >= 15 is 0 Å². The van der Waals surface area contributed by atoms with Gasteiger partial charge in [0.25, 0.3) is 0 Å². The average molecular weight is 190 g/mol. The van der Waals surface area contributed by atoms with Crippen molar-refractivity contribution in [2.45, 2.75) is 13.8 Å². The number of nitrogens with zero attached hydrogens (tertiary/aromatic N) is 2. The minimum Gasteiger partial charge on any atom is -0.461 e. The van der Waals surface area contributed by atoms with Gasteiger partial charge in [0.2, 0.25) is 0 Å². The largest absolute Gasteiger partial charge is 0.461 e. The third-order valence-electron chi connectivity index (χ3n) is 1.57. The molecule has 0 atom stereocenters. The monoisotopic (exact) mass is 190 g/mol. The van der Waals surface area contributed by atoms with E-state index in [1.807, 2.05) is 6.07 Å². The van der Waals surface area contributed by atoms with Crippen LogP contribution in [0, 0.1) is 18.3 Å². The predicted octanol–water partition coefficient (Wildman–Crippen LogP) is 1.44. The minimum absolute atomic E-state index is 0.184. The maximum absolute atomic E-state index is 11.3. The third kappa shape index (κ3) is 2.30. The number of hydrogen-bond donors (Lipinski definition) is 0. The third-order valence-corrected chi connectivity index (χ3v) is 1.57. The average Bonchev–Trinajstić information content (AvgIpc) is 2.17. The fourth-order valence-corrected chi connectivity index (χ4v) is 1.03. The van der Waals surface area contributed by atoms with Crippen LogP contribution in [0.25, 0.3) is 0 Å². The maximum Gasteiger partial charge on any atom is 0.356 e. The van der Waals surface area contributed by atoms with Crippen LogP contribution in [0.4, 0.5) is 0 Å². The van der Waals surface area contributed by atoms with E-state index in [2.05, 4.69) is 4.98 Å². The molecule has 0 aliphatic heterocycles. The van der Waals surface area contributed by atoms with Crippen LogP contribution in [0.15, 0.2) is 12.1 Å². The zero-order chi connectivity index (χ0) is 10.6. The number of carbonyl (C=O) groups is 1. The Labute approximate surface area is 82.1 Å². The van der Waals surface area contributed by atoms with Crippen LogP contribution in [0.1, 0.15) is 28.7 Å². The fraction of sp³-hybridized carbons (Fsp3) is 0.300. The van der Waals surface area contributed by atoms with Gasteiger partial charge in [0, 0.05) is 0 Å². The number of aromatic nitrogens is 1. The molecule has 0 saturated carbocycles. The van der Waals surface area contributed by atoms with Crippen LogP contribution < -0.4 is 0 Å². The van der Waals surface area contributed by atoms with Crippen molar-refractivity contribution in [2.75, 3.05) is 6.61 Å². The number of hydrogen-bond acceptors (Lipinski definition) is 4. The van der Waals surface area contributed by atoms with E-state index in [0.29, 0.717) is 6.61 Å². The van der Waals surface area contributed by atoms with Crippen molar-refractivity contribution in [2.24, 2.45) is 0 Å². The SMILES string of the molecule is CCOC(=O)c1cc(C)cc(C#N)n1. The lowest BCUT2D eigenvalue weighted by Gasteiger charge is -2.01. The summed E-state index contributed by atoms with van der Waals surface area (Å²) in [6.45, 7) is 3.82. The normalized spacial score (nSPS) is 9.21. The van der Waals surface area contributed by atoms with Gasteiger partial charge < -0.3 is 4.74 Å². The molecule has 1 aromatic rings. The Morgan fingerprint density at radius 2 is 2.36 bits per heavy atom. The first-order valence-electron chi connectivity index (χ1n) is 4.23. The first-order chi connectivity index (χ1) is 6.67. The van der Waals surface area contributed by atoms with Crippen LogP contribution >= 0.6 is 0 Å². The van der Waals surface area contributed by atoms with Gasteiger partial charge in [-0.25, -0.2) is 9.78 Å². The van der Waals surface area contributed by atoms with E-state index in [0.717, 1.165) is 5.56 Å². The number of esters is 1. The summed E-state index contributed by atoms with van der Waals surface area (Å²) in [5, 5.41) is 8.63. The second-order valence-electron chi connectivity index (χ2n) is 2.75. The number of rotatable bonds is 2. The summed E-state index contributed by atoms with van der Waals surface area (Å²) in [6.07, 6.45) is 0. The van der Waals surface area contributed by atoms with Crippen LogP contribution in [0.3, 0.4) is 0 Å². The van der Waals surface area contributed by atoms with Crippen molar-refractivity contribution in [1.82, 2.24) is 4.98 Å². The molecule has 1 rings (SSSR count). The lowest BCUT2D eigenvalue weighted by molar-refractivity contribution is 0.0519. The van der Waals surface area contributed by atoms with Crippen LogP contribution in [-0.4, -0.2) is 17.6 Å². The summed E-state index contributed by atoms with van der Waals surface area (Å²) in [5.41, 5.74) is 1.23. The molecule has 72 valence electrons. The van der Waals surface area contributed by atoms with Gasteiger partial charge in [0.05, 0.1) is 6.61 Å². The Bertz CT molecular complexity index is 394. The van der Waals surface area contributed by atoms with Gasteiger partial charge in [-0.15, -0.1) is 0 Å². The van der Waals surface area contributed by atoms with E-state index in [9.17, 15) is 4.79 Å². The van der Waals surface area contributed by atoms with Crippen LogP contribution in [0.2, 0.25) is 0 Å². The Balaban J connectivity index is 3.04. The molecule has 0 radical (unpaired) electrons. The van der Waals surface area contributed by atoms with Crippen molar-refractivity contribution in [3.05, 3.63) is 29.1 Å². The zero-order valence-corrected chi connectivity index (χ0v) is 8.07. The molecule has 0 aromatic carbocycles. The second-order valence-corrected chi connectivity index (χ2v) is 2.75. The second kappa shape index (κ2) is 4.38. The number of ether oxygens (including phenoxy) is 1. The molecule has 0 amide bonds. The van der Waals surface area contributed by atoms with Crippen molar-refractivity contribution in [3.63, 3.8) is 0 Å². The zero-order valence-electron chi connectivity index (χ0n) is 8.07. The molecular weight excluding hydrogens is 180 g/mol. The number of carbonyl (C=O) groups excluding carboxylic acids is 1. The van der Waals surface area contributed by atoms with E-state index in [1.54, 1.807) is 26.0 Å². The molecule has 14 heavy (non-hydrogen) atoms. The van der Waals surface area contributed by atoms with E-state index in [-0.39, 0.29) is 11.4 Å². The minimum atomic E-state index is -0.493. The highest BCUT2D eigenvalue weighted by Crippen LogP contribution is 2.05. The molecule has 0 aliphatic rings. The Morgan fingerprint density at radius 3 is 2.93 bits per heavy atom. The van der Waals surface area contributed by atoms with Gasteiger partial charge in [-0.1, -0.05) is 0 Å². The lowest BCUT2D eigenvalue weighted by Crippen LogP contribution is -2.08. The highest BCUT2D eigenvalue weighted by molar-refractivity contribution is 5.87. The Kier molecular flexibility index (Phi) is 3.19. The molecule has 0 fully saturated rings. The molecule has 0 aliphatic carbocycles. The van der Waals surface area contributed by atoms with E-state index in [4.69, 9.17) is 10.00 Å². The molecule has 4 heteroatoms. The topological polar surface area (TPSA) is 63.0 Å². The van der Waals surface area contributed by atoms with Crippen molar-refractivity contribution >= 4 is 5.97 Å². The van der Waals surface area contributed by atoms with Crippen molar-refractivity contribution in [1.29, 1.82) is 5.26 Å². The van der Waals surface area contributed by atoms with E-state index < -0.39 is 5.97 Å². The smallest absolute Gasteiger partial charge is 0.356 e. The quantitative estimate of drug-likeness (QED) is 0.662. The fourth-order valence-electron chi connectivity index (χ4n) is 1.03. The molecule has 0 N–H and O–H groups in total. The molecule has 1 heterocycles. The highest BCUT2D eigenvalue weighted by Gasteiger charge is 2.09. The van der Waals surface area contributed by atoms with Gasteiger partial charge in [-0.3, -0.25) is 0 Å². The van der Waals surface area contributed by atoms with Gasteiger partial charge in [0.1, 0.15) is 17.5 Å². The molecule has 4 nitrogen and oxygen atoms in total. The summed E-state index contributed by atoms with van der Waals surface area (Å²) < 4.78 is 4.77. The molecule has 0 bridgehead atoms. The lowest BCUT2D eigenvalue weighted by atomic mass is 10.2. The molecular formula is C10H10N2O2. The Morgan fingerprint density at radius 1 is 1.64 bits per heavy atom. The van der Waals surface area contributed by atoms with E-state index in [1.165, 1.54) is 0 Å². The predicted molar refractivity (Wildman–Crippen MR) is 49.6 cm³/mol. The highest BCUT2D eigenvalue weighted by atomic mass is 16.5. The summed E-state index contributed by atoms with van der Waals surface area (Å²) in [5.74, 6) is -0.493. The summed E-state index contributed by atoms with van der Waals surface area (Å²) in [4.78, 5) is 15.1. The van der Waals surface area contributed by atoms with Gasteiger partial charge in [-0.05, 0) is 31.5 Å². The standard InChI is InChI=1S/C10H10N2O2/c1-3-14-10(13)9-5-7(2)4-8(6-11)12-9/h4-5H,3H2,1-2H3. The summed E-state index contributed by atoms with van der Waals surface area (Å²) in [6, 6.07) is 5.10. The molecule has 1 aromatic heterocycles. The summed E-state index contributed by atoms with van der Waals surface area (Å²) in [7, 11) is 0. The first kappa shape index (κ1) is 10.2.